The molecule has 0 unspecified atom stereocenters. The van der Waals surface area contributed by atoms with E-state index in [9.17, 15) is 0 Å². The molecule has 7 aromatic rings. The van der Waals surface area contributed by atoms with Crippen molar-refractivity contribution in [3.8, 4) is 28.3 Å². The Kier molecular flexibility index (Phi) is 4.67. The van der Waals surface area contributed by atoms with Crippen molar-refractivity contribution in [2.75, 3.05) is 4.90 Å². The Morgan fingerprint density at radius 3 is 2.10 bits per heavy atom. The minimum Gasteiger partial charge on any atom is -0.453 e. The number of benzene rings is 6. The molecule has 0 radical (unpaired) electrons. The third-order valence-corrected chi connectivity index (χ3v) is 9.15. The van der Waals surface area contributed by atoms with Crippen molar-refractivity contribution in [2.45, 2.75) is 19.3 Å². The minimum atomic E-state index is -0.0694. The van der Waals surface area contributed by atoms with Gasteiger partial charge in [0.15, 0.2) is 11.5 Å². The summed E-state index contributed by atoms with van der Waals surface area (Å²) < 4.78 is 8.98. The van der Waals surface area contributed by atoms with Crippen LogP contribution in [0.5, 0.6) is 11.5 Å². The van der Waals surface area contributed by atoms with Crippen LogP contribution in [0.4, 0.5) is 17.1 Å². The van der Waals surface area contributed by atoms with Crippen LogP contribution in [-0.2, 0) is 5.41 Å². The van der Waals surface area contributed by atoms with Crippen molar-refractivity contribution in [1.82, 2.24) is 4.57 Å². The number of hydrogen-bond donors (Lipinski definition) is 0. The average molecular weight is 541 g/mol. The maximum atomic E-state index is 6.51. The second kappa shape index (κ2) is 8.37. The van der Waals surface area contributed by atoms with E-state index in [-0.39, 0.29) is 5.41 Å². The van der Waals surface area contributed by atoms with Crippen molar-refractivity contribution >= 4 is 38.9 Å². The highest BCUT2D eigenvalue weighted by molar-refractivity contribution is 6.12. The molecule has 0 fully saturated rings. The van der Waals surface area contributed by atoms with E-state index in [0.29, 0.717) is 0 Å². The van der Waals surface area contributed by atoms with Crippen LogP contribution < -0.4 is 9.64 Å². The summed E-state index contributed by atoms with van der Waals surface area (Å²) in [6, 6.07) is 47.9. The molecule has 0 saturated carbocycles. The van der Waals surface area contributed by atoms with Crippen molar-refractivity contribution < 1.29 is 4.74 Å². The third-order valence-electron chi connectivity index (χ3n) is 9.15. The molecular formula is C39H28N2O. The molecule has 2 aliphatic heterocycles. The minimum absolute atomic E-state index is 0.0694. The molecule has 1 aromatic heterocycles. The van der Waals surface area contributed by atoms with Gasteiger partial charge in [-0.15, -0.1) is 0 Å². The predicted molar refractivity (Wildman–Crippen MR) is 173 cm³/mol. The summed E-state index contributed by atoms with van der Waals surface area (Å²) in [5.74, 6) is 1.71. The average Bonchev–Trinajstić information content (AvgIpc) is 3.37. The molecule has 0 N–H and O–H groups in total. The van der Waals surface area contributed by atoms with E-state index in [4.69, 9.17) is 4.74 Å². The van der Waals surface area contributed by atoms with Gasteiger partial charge in [-0.1, -0.05) is 92.7 Å². The molecule has 6 aromatic carbocycles. The van der Waals surface area contributed by atoms with Crippen LogP contribution in [0.3, 0.4) is 0 Å². The lowest BCUT2D eigenvalue weighted by Gasteiger charge is -2.34. The Hall–Kier alpha value is -5.28. The molecular weight excluding hydrogens is 512 g/mol. The van der Waals surface area contributed by atoms with Gasteiger partial charge in [0.25, 0.3) is 0 Å². The lowest BCUT2D eigenvalue weighted by molar-refractivity contribution is 0.477. The highest BCUT2D eigenvalue weighted by Crippen LogP contribution is 2.52. The van der Waals surface area contributed by atoms with E-state index in [1.54, 1.807) is 0 Å². The number of ether oxygens (including phenoxy) is 1. The highest BCUT2D eigenvalue weighted by Gasteiger charge is 2.34. The summed E-state index contributed by atoms with van der Waals surface area (Å²) in [4.78, 5) is 2.28. The first-order valence-electron chi connectivity index (χ1n) is 14.5. The number of rotatable bonds is 2. The van der Waals surface area contributed by atoms with E-state index in [1.165, 1.54) is 44.2 Å². The van der Waals surface area contributed by atoms with Gasteiger partial charge in [0.05, 0.1) is 28.1 Å². The maximum absolute atomic E-state index is 6.51. The number of nitrogens with zero attached hydrogens (tertiary/aromatic N) is 2. The van der Waals surface area contributed by atoms with Crippen LogP contribution in [0.25, 0.3) is 38.6 Å². The topological polar surface area (TPSA) is 17.4 Å². The van der Waals surface area contributed by atoms with Gasteiger partial charge in [-0.3, -0.25) is 0 Å². The lowest BCUT2D eigenvalue weighted by atomic mass is 9.75. The Labute approximate surface area is 244 Å². The predicted octanol–water partition coefficient (Wildman–Crippen LogP) is 10.7. The summed E-state index contributed by atoms with van der Waals surface area (Å²) >= 11 is 0. The summed E-state index contributed by atoms with van der Waals surface area (Å²) in [6.45, 7) is 4.69. The highest BCUT2D eigenvalue weighted by atomic mass is 16.5. The van der Waals surface area contributed by atoms with Crippen LogP contribution in [-0.4, -0.2) is 4.57 Å². The zero-order valence-electron chi connectivity index (χ0n) is 23.5. The fraction of sp³-hybridized carbons (Fsp3) is 0.0769. The zero-order chi connectivity index (χ0) is 28.0. The zero-order valence-corrected chi connectivity index (χ0v) is 23.5. The quantitative estimate of drug-likeness (QED) is 0.217. The van der Waals surface area contributed by atoms with Crippen molar-refractivity contribution in [2.24, 2.45) is 0 Å². The lowest BCUT2D eigenvalue weighted by Crippen LogP contribution is -2.26. The van der Waals surface area contributed by atoms with Gasteiger partial charge in [0, 0.05) is 21.9 Å². The van der Waals surface area contributed by atoms with Gasteiger partial charge >= 0.3 is 0 Å². The number of aromatic nitrogens is 1. The Morgan fingerprint density at radius 2 is 1.21 bits per heavy atom. The molecule has 0 saturated heterocycles. The Morgan fingerprint density at radius 1 is 0.524 bits per heavy atom. The van der Waals surface area contributed by atoms with Gasteiger partial charge < -0.3 is 14.2 Å². The van der Waals surface area contributed by atoms with Gasteiger partial charge in [-0.2, -0.15) is 0 Å². The van der Waals surface area contributed by atoms with Crippen molar-refractivity contribution in [1.29, 1.82) is 0 Å². The SMILES string of the molecule is CC1(C)c2ccccc2-n2c3ccc(-c4ccc5c(c4)Oc4ccccc4N5c4ccccc4)cc3c3cccc1c32. The molecule has 0 spiro atoms. The number of hydrogen-bond acceptors (Lipinski definition) is 2. The first-order valence-corrected chi connectivity index (χ1v) is 14.5. The first kappa shape index (κ1) is 23.4. The molecule has 3 heterocycles. The van der Waals surface area contributed by atoms with E-state index >= 15 is 0 Å². The van der Waals surface area contributed by atoms with Crippen LogP contribution in [0.15, 0.2) is 133 Å². The van der Waals surface area contributed by atoms with Gasteiger partial charge in [0.1, 0.15) is 0 Å². The number of fused-ring (bicyclic) bond motifs is 7. The smallest absolute Gasteiger partial charge is 0.152 e. The van der Waals surface area contributed by atoms with Crippen LogP contribution in [0.2, 0.25) is 0 Å². The van der Waals surface area contributed by atoms with E-state index < -0.39 is 0 Å². The molecule has 0 bridgehead atoms. The Balaban J connectivity index is 1.23. The molecule has 200 valence electrons. The fourth-order valence-corrected chi connectivity index (χ4v) is 7.14. The summed E-state index contributed by atoms with van der Waals surface area (Å²) in [6.07, 6.45) is 0. The molecule has 3 heteroatoms. The van der Waals surface area contributed by atoms with Crippen LogP contribution >= 0.6 is 0 Å². The van der Waals surface area contributed by atoms with Gasteiger partial charge in [-0.05, 0) is 76.9 Å². The number of anilines is 3. The van der Waals surface area contributed by atoms with Gasteiger partial charge in [0.2, 0.25) is 0 Å². The van der Waals surface area contributed by atoms with E-state index in [0.717, 1.165) is 34.1 Å². The molecule has 2 aliphatic rings. The van der Waals surface area contributed by atoms with Crippen molar-refractivity contribution in [3.63, 3.8) is 0 Å². The molecule has 9 rings (SSSR count). The standard InChI is InChI=1S/C39H28N2O/c1-39(2)30-14-6-7-16-33(30)41-32-21-19-25(23-29(32)28-13-10-15-31(39)38(28)41)26-20-22-35-37(24-26)42-36-18-9-8-17-34(36)40(35)27-11-4-3-5-12-27/h3-24H,1-2H3. The summed E-state index contributed by atoms with van der Waals surface area (Å²) in [5, 5.41) is 2.57. The second-order valence-corrected chi connectivity index (χ2v) is 11.8. The molecule has 0 atom stereocenters. The maximum Gasteiger partial charge on any atom is 0.152 e. The molecule has 42 heavy (non-hydrogen) atoms. The third kappa shape index (κ3) is 3.11. The molecule has 0 amide bonds. The monoisotopic (exact) mass is 540 g/mol. The normalized spacial score (nSPS) is 14.3. The fourth-order valence-electron chi connectivity index (χ4n) is 7.14. The van der Waals surface area contributed by atoms with Gasteiger partial charge in [-0.25, -0.2) is 0 Å². The molecule has 0 aliphatic carbocycles. The number of para-hydroxylation sites is 5. The van der Waals surface area contributed by atoms with E-state index in [1.807, 2.05) is 12.1 Å². The van der Waals surface area contributed by atoms with Crippen LogP contribution in [0.1, 0.15) is 25.0 Å². The first-order chi connectivity index (χ1) is 20.6. The van der Waals surface area contributed by atoms with Crippen molar-refractivity contribution in [3.05, 3.63) is 145 Å². The Bertz CT molecular complexity index is 2210. The largest absolute Gasteiger partial charge is 0.453 e. The van der Waals surface area contributed by atoms with Crippen LogP contribution in [0, 0.1) is 0 Å². The second-order valence-electron chi connectivity index (χ2n) is 11.8. The summed E-state index contributed by atoms with van der Waals surface area (Å²) in [7, 11) is 0. The molecule has 3 nitrogen and oxygen atoms in total. The summed E-state index contributed by atoms with van der Waals surface area (Å²) in [5.41, 5.74) is 12.0. The van der Waals surface area contributed by atoms with E-state index in [2.05, 4.69) is 145 Å².